The fraction of sp³-hybridized carbons (Fsp3) is 0.483. The molecule has 2 aromatic rings. The highest BCUT2D eigenvalue weighted by Gasteiger charge is 2.38. The first-order valence-electron chi connectivity index (χ1n) is 12.4. The molecule has 1 fully saturated rings. The molecule has 0 radical (unpaired) electrons. The van der Waals surface area contributed by atoms with E-state index in [9.17, 15) is 13.2 Å². The van der Waals surface area contributed by atoms with Crippen LogP contribution in [0.2, 0.25) is 0 Å². The summed E-state index contributed by atoms with van der Waals surface area (Å²) >= 11 is 0. The van der Waals surface area contributed by atoms with E-state index in [1.807, 2.05) is 51.1 Å². The summed E-state index contributed by atoms with van der Waals surface area (Å²) in [7, 11) is -3.58. The molecule has 0 aliphatic carbocycles. The van der Waals surface area contributed by atoms with Crippen molar-refractivity contribution in [1.29, 1.82) is 0 Å². The van der Waals surface area contributed by atoms with Gasteiger partial charge in [-0.25, -0.2) is 8.42 Å². The maximum atomic E-state index is 12.9. The van der Waals surface area contributed by atoms with Crippen LogP contribution in [0, 0.1) is 5.41 Å². The summed E-state index contributed by atoms with van der Waals surface area (Å²) in [6.07, 6.45) is 3.96. The van der Waals surface area contributed by atoms with Gasteiger partial charge in [-0.1, -0.05) is 68.5 Å². The van der Waals surface area contributed by atoms with Crippen LogP contribution in [0.25, 0.3) is 0 Å². The van der Waals surface area contributed by atoms with E-state index in [1.54, 1.807) is 50.3 Å². The van der Waals surface area contributed by atoms with E-state index in [1.165, 1.54) is 6.08 Å². The fourth-order valence-corrected chi connectivity index (χ4v) is 6.13. The lowest BCUT2D eigenvalue weighted by Gasteiger charge is -2.42. The lowest BCUT2D eigenvalue weighted by Crippen LogP contribution is -2.48. The summed E-state index contributed by atoms with van der Waals surface area (Å²) in [6, 6.07) is 18.2. The molecular weight excluding hydrogens is 476 g/mol. The Morgan fingerprint density at radius 2 is 1.69 bits per heavy atom. The third-order valence-corrected chi connectivity index (χ3v) is 8.34. The van der Waals surface area contributed by atoms with Gasteiger partial charge in [0.05, 0.1) is 35.6 Å². The Morgan fingerprint density at radius 3 is 2.33 bits per heavy atom. The van der Waals surface area contributed by atoms with E-state index in [2.05, 4.69) is 0 Å². The van der Waals surface area contributed by atoms with E-state index in [-0.39, 0.29) is 34.7 Å². The highest BCUT2D eigenvalue weighted by atomic mass is 32.2. The second-order valence-electron chi connectivity index (χ2n) is 10.5. The molecule has 0 unspecified atom stereocenters. The van der Waals surface area contributed by atoms with Gasteiger partial charge in [0, 0.05) is 11.8 Å². The fourth-order valence-electron chi connectivity index (χ4n) is 4.30. The normalized spacial score (nSPS) is 21.4. The zero-order chi connectivity index (χ0) is 26.4. The van der Waals surface area contributed by atoms with Crippen molar-refractivity contribution in [3.63, 3.8) is 0 Å². The maximum absolute atomic E-state index is 12.9. The summed E-state index contributed by atoms with van der Waals surface area (Å²) < 4.78 is 43.8. The molecule has 0 spiro atoms. The Kier molecular flexibility index (Phi) is 9.28. The van der Waals surface area contributed by atoms with Crippen molar-refractivity contribution >= 4 is 15.6 Å². The monoisotopic (exact) mass is 514 g/mol. The second kappa shape index (κ2) is 11.8. The van der Waals surface area contributed by atoms with Crippen molar-refractivity contribution < 1.29 is 27.4 Å². The average Bonchev–Trinajstić information content (AvgIpc) is 2.82. The van der Waals surface area contributed by atoms with Crippen LogP contribution in [0.1, 0.15) is 53.0 Å². The standard InChI is InChI=1S/C29H38O6S/c1-22(33-20-23-13-8-6-9-14-23)26-19-24(34-29(4,5)35-26)15-12-18-27(30)28(2,3)21-36(31,32)25-16-10-7-11-17-25/h6-14,16-18,22,24,26H,15,19-21H2,1-5H3/b18-12+/t22-,24+,26-/m1/s1. The number of hydrogen-bond acceptors (Lipinski definition) is 6. The molecule has 1 saturated heterocycles. The van der Waals surface area contributed by atoms with Gasteiger partial charge in [-0.2, -0.15) is 0 Å². The van der Waals surface area contributed by atoms with Crippen LogP contribution < -0.4 is 0 Å². The number of sulfone groups is 1. The molecule has 2 aromatic carbocycles. The van der Waals surface area contributed by atoms with Crippen molar-refractivity contribution in [3.8, 4) is 0 Å². The van der Waals surface area contributed by atoms with Crippen molar-refractivity contribution in [1.82, 2.24) is 0 Å². The Hall–Kier alpha value is -2.32. The van der Waals surface area contributed by atoms with E-state index >= 15 is 0 Å². The summed E-state index contributed by atoms with van der Waals surface area (Å²) in [5.74, 6) is -1.27. The van der Waals surface area contributed by atoms with Crippen LogP contribution >= 0.6 is 0 Å². The topological polar surface area (TPSA) is 78.9 Å². The summed E-state index contributed by atoms with van der Waals surface area (Å²) in [6.45, 7) is 9.58. The predicted molar refractivity (Wildman–Crippen MR) is 140 cm³/mol. The van der Waals surface area contributed by atoms with Gasteiger partial charge in [-0.05, 0) is 51.0 Å². The zero-order valence-electron chi connectivity index (χ0n) is 21.8. The molecule has 196 valence electrons. The van der Waals surface area contributed by atoms with Crippen LogP contribution in [0.3, 0.4) is 0 Å². The van der Waals surface area contributed by atoms with Crippen molar-refractivity contribution in [3.05, 3.63) is 78.4 Å². The van der Waals surface area contributed by atoms with E-state index in [4.69, 9.17) is 14.2 Å². The minimum absolute atomic E-state index is 0.136. The average molecular weight is 515 g/mol. The summed E-state index contributed by atoms with van der Waals surface area (Å²) in [5, 5.41) is 0. The van der Waals surface area contributed by atoms with Gasteiger partial charge in [0.2, 0.25) is 0 Å². The quantitative estimate of drug-likeness (QED) is 0.368. The molecule has 0 amide bonds. The SMILES string of the molecule is C[C@@H](OCc1ccccc1)[C@H]1C[C@H](C/C=C/C(=O)C(C)(C)CS(=O)(=O)c2ccccc2)OC(C)(C)O1. The Bertz CT molecular complexity index is 1120. The highest BCUT2D eigenvalue weighted by molar-refractivity contribution is 7.91. The summed E-state index contributed by atoms with van der Waals surface area (Å²) in [5.41, 5.74) is 0.0501. The van der Waals surface area contributed by atoms with E-state index < -0.39 is 21.0 Å². The minimum Gasteiger partial charge on any atom is -0.371 e. The van der Waals surface area contributed by atoms with Gasteiger partial charge in [0.15, 0.2) is 21.4 Å². The van der Waals surface area contributed by atoms with Crippen molar-refractivity contribution in [2.24, 2.45) is 5.41 Å². The molecule has 36 heavy (non-hydrogen) atoms. The largest absolute Gasteiger partial charge is 0.371 e. The Morgan fingerprint density at radius 1 is 1.08 bits per heavy atom. The number of ketones is 1. The number of carbonyl (C=O) groups excluding carboxylic acids is 1. The molecule has 0 saturated carbocycles. The van der Waals surface area contributed by atoms with Crippen molar-refractivity contribution in [2.75, 3.05) is 5.75 Å². The molecule has 3 rings (SSSR count). The number of hydrogen-bond donors (Lipinski definition) is 0. The molecule has 1 aliphatic rings. The molecular formula is C29H38O6S. The molecule has 0 N–H and O–H groups in total. The highest BCUT2D eigenvalue weighted by Crippen LogP contribution is 2.31. The molecule has 0 bridgehead atoms. The van der Waals surface area contributed by atoms with Gasteiger partial charge in [-0.3, -0.25) is 4.79 Å². The van der Waals surface area contributed by atoms with Crippen molar-refractivity contribution in [2.45, 2.75) is 83.1 Å². The van der Waals surface area contributed by atoms with Crippen LogP contribution in [0.5, 0.6) is 0 Å². The zero-order valence-corrected chi connectivity index (χ0v) is 22.7. The second-order valence-corrected chi connectivity index (χ2v) is 12.5. The molecule has 6 nitrogen and oxygen atoms in total. The van der Waals surface area contributed by atoms with E-state index in [0.29, 0.717) is 19.4 Å². The minimum atomic E-state index is -3.58. The predicted octanol–water partition coefficient (Wildman–Crippen LogP) is 5.52. The van der Waals surface area contributed by atoms with Crippen LogP contribution in [0.15, 0.2) is 77.7 Å². The number of carbonyl (C=O) groups is 1. The maximum Gasteiger partial charge on any atom is 0.179 e. The van der Waals surface area contributed by atoms with Crippen LogP contribution in [0.4, 0.5) is 0 Å². The van der Waals surface area contributed by atoms with Crippen LogP contribution in [-0.4, -0.2) is 44.1 Å². The molecule has 1 aliphatic heterocycles. The lowest BCUT2D eigenvalue weighted by molar-refractivity contribution is -0.313. The molecule has 0 aromatic heterocycles. The number of allylic oxidation sites excluding steroid dienone is 1. The smallest absolute Gasteiger partial charge is 0.179 e. The molecule has 3 atom stereocenters. The van der Waals surface area contributed by atoms with Gasteiger partial charge in [0.1, 0.15) is 0 Å². The third-order valence-electron chi connectivity index (χ3n) is 6.25. The van der Waals surface area contributed by atoms with E-state index in [0.717, 1.165) is 5.56 Å². The first-order chi connectivity index (χ1) is 16.9. The first kappa shape index (κ1) is 28.3. The van der Waals surface area contributed by atoms with Gasteiger partial charge < -0.3 is 14.2 Å². The Labute approximate surface area is 215 Å². The number of benzene rings is 2. The molecule has 1 heterocycles. The number of rotatable bonds is 11. The summed E-state index contributed by atoms with van der Waals surface area (Å²) in [4.78, 5) is 13.1. The van der Waals surface area contributed by atoms with Gasteiger partial charge in [0.25, 0.3) is 0 Å². The van der Waals surface area contributed by atoms with Gasteiger partial charge in [-0.15, -0.1) is 0 Å². The number of ether oxygens (including phenoxy) is 3. The Balaban J connectivity index is 1.57. The van der Waals surface area contributed by atoms with Gasteiger partial charge >= 0.3 is 0 Å². The first-order valence-corrected chi connectivity index (χ1v) is 14.0. The molecule has 7 heteroatoms. The lowest BCUT2D eigenvalue weighted by atomic mass is 9.90. The third kappa shape index (κ3) is 8.10. The van der Waals surface area contributed by atoms with Crippen LogP contribution in [-0.2, 0) is 35.4 Å².